The number of fused-ring (bicyclic) bond motifs is 20. The number of nitrogens with one attached hydrogen (secondary N) is 2. The van der Waals surface area contributed by atoms with Crippen LogP contribution in [0.25, 0.3) is 89.7 Å². The van der Waals surface area contributed by atoms with Crippen LogP contribution < -0.4 is 0 Å². The van der Waals surface area contributed by atoms with Crippen molar-refractivity contribution in [2.24, 2.45) is 0 Å². The van der Waals surface area contributed by atoms with Crippen LogP contribution >= 0.6 is 20.3 Å². The van der Waals surface area contributed by atoms with Crippen LogP contribution in [0.4, 0.5) is 0 Å². The van der Waals surface area contributed by atoms with Crippen molar-refractivity contribution in [2.45, 2.75) is 0 Å². The van der Waals surface area contributed by atoms with Gasteiger partial charge in [-0.05, 0) is 0 Å². The smallest absolute Gasteiger partial charge is 0.313 e. The van der Waals surface area contributed by atoms with E-state index >= 15 is 0 Å². The lowest BCUT2D eigenvalue weighted by Gasteiger charge is -1.96. The van der Waals surface area contributed by atoms with E-state index in [0.29, 0.717) is 45.9 Å². The summed E-state index contributed by atoms with van der Waals surface area (Å²) in [5.41, 5.74) is 6.45. The molecular weight excluding hydrogens is 650 g/mol. The second-order valence-corrected chi connectivity index (χ2v) is 9.79. The second kappa shape index (κ2) is 10.1. The highest BCUT2D eigenvalue weighted by Crippen LogP contribution is 2.36. The molecule has 0 amide bonds. The fraction of sp³-hybridized carbons (Fsp3) is 0. The average molecular weight is 670 g/mol. The Morgan fingerprint density at radius 3 is 0.857 bits per heavy atom. The average Bonchev–Trinajstić information content (AvgIpc) is 3.78. The molecule has 0 saturated carbocycles. The fourth-order valence-corrected chi connectivity index (χ4v) is 5.59. The number of H-pyrrole nitrogens is 2. The number of hydrogen-bond donors (Lipinski definition) is 2. The van der Waals surface area contributed by atoms with Crippen LogP contribution in [0.5, 0.6) is 0 Å². The van der Waals surface area contributed by atoms with E-state index in [1.807, 2.05) is 97.1 Å². The van der Waals surface area contributed by atoms with Crippen molar-refractivity contribution < 1.29 is 0 Å². The van der Waals surface area contributed by atoms with Gasteiger partial charge in [-0.15, -0.1) is 0 Å². The van der Waals surface area contributed by atoms with Gasteiger partial charge in [0.25, 0.3) is 0 Å². The monoisotopic (exact) mass is 670 g/mol. The van der Waals surface area contributed by atoms with E-state index in [0.717, 1.165) is 43.8 Å². The summed E-state index contributed by atoms with van der Waals surface area (Å²) in [6.45, 7) is 0. The van der Waals surface area contributed by atoms with Crippen LogP contribution in [0.1, 0.15) is 0 Å². The minimum absolute atomic E-state index is 0.597. The van der Waals surface area contributed by atoms with Gasteiger partial charge in [0.15, 0.2) is 23.3 Å². The molecular formula is C32H20AlIN8. The number of nitrogens with zero attached hydrogens (tertiary/aromatic N) is 6. The molecule has 0 atom stereocenters. The first-order chi connectivity index (χ1) is 20.8. The number of benzene rings is 4. The lowest BCUT2D eigenvalue weighted by molar-refractivity contribution is 1.19. The SMILES string of the molecule is [AlH2][I].c1ccc2c(c1)-c1nc-2nc2[nH]c(nc3nc(nc4[nH]c(n1)c1ccccc41)-c1ccccc1-3)c1ccccc21. The molecule has 5 heterocycles. The van der Waals surface area contributed by atoms with Crippen LogP contribution in [0.3, 0.4) is 0 Å². The maximum Gasteiger partial charge on any atom is 0.313 e. The van der Waals surface area contributed by atoms with E-state index in [2.05, 4.69) is 30.2 Å². The minimum Gasteiger partial charge on any atom is -0.324 e. The van der Waals surface area contributed by atoms with Crippen molar-refractivity contribution >= 4 is 77.4 Å². The van der Waals surface area contributed by atoms with Gasteiger partial charge in [-0.2, -0.15) is 0 Å². The zero-order valence-electron chi connectivity index (χ0n) is 22.3. The third-order valence-corrected chi connectivity index (χ3v) is 7.46. The molecule has 2 aliphatic heterocycles. The molecule has 0 radical (unpaired) electrons. The molecule has 4 aromatic carbocycles. The van der Waals surface area contributed by atoms with Crippen molar-refractivity contribution in [3.8, 4) is 45.6 Å². The number of hydrogen-bond acceptors (Lipinski definition) is 6. The molecule has 10 heteroatoms. The highest BCUT2D eigenvalue weighted by atomic mass is 127. The molecule has 8 nitrogen and oxygen atoms in total. The first kappa shape index (κ1) is 25.2. The Bertz CT molecular complexity index is 2040. The Balaban J connectivity index is 0.00000131. The van der Waals surface area contributed by atoms with E-state index in [-0.39, 0.29) is 0 Å². The third-order valence-electron chi connectivity index (χ3n) is 7.46. The van der Waals surface area contributed by atoms with E-state index in [1.54, 1.807) is 0 Å². The first-order valence-corrected chi connectivity index (χ1v) is 20.6. The van der Waals surface area contributed by atoms with Gasteiger partial charge < -0.3 is 9.97 Å². The van der Waals surface area contributed by atoms with Gasteiger partial charge in [-0.1, -0.05) is 97.1 Å². The highest BCUT2D eigenvalue weighted by molar-refractivity contribution is 14.1. The summed E-state index contributed by atoms with van der Waals surface area (Å²) < 4.78 is 0. The molecule has 198 valence electrons. The van der Waals surface area contributed by atoms with Crippen molar-refractivity contribution in [1.29, 1.82) is 0 Å². The molecule has 42 heavy (non-hydrogen) atoms. The van der Waals surface area contributed by atoms with Gasteiger partial charge in [-0.25, -0.2) is 50.2 Å². The van der Waals surface area contributed by atoms with Crippen LogP contribution in [-0.4, -0.2) is 52.9 Å². The second-order valence-electron chi connectivity index (χ2n) is 9.79. The quantitative estimate of drug-likeness (QED) is 0.135. The summed E-state index contributed by atoms with van der Waals surface area (Å²) in [6, 6.07) is 32.2. The Kier molecular flexibility index (Phi) is 6.07. The number of rotatable bonds is 0. The molecule has 0 fully saturated rings. The maximum atomic E-state index is 5.02. The zero-order chi connectivity index (χ0) is 28.2. The molecule has 3 aromatic heterocycles. The van der Waals surface area contributed by atoms with Crippen molar-refractivity contribution in [3.05, 3.63) is 97.1 Å². The normalized spacial score (nSPS) is 11.5. The van der Waals surface area contributed by atoms with Gasteiger partial charge in [-0.3, -0.25) is 0 Å². The largest absolute Gasteiger partial charge is 0.324 e. The van der Waals surface area contributed by atoms with Crippen molar-refractivity contribution in [1.82, 2.24) is 39.9 Å². The topological polar surface area (TPSA) is 109 Å². The van der Waals surface area contributed by atoms with Gasteiger partial charge >= 0.3 is 13.0 Å². The summed E-state index contributed by atoms with van der Waals surface area (Å²) in [6.07, 6.45) is 0. The summed E-state index contributed by atoms with van der Waals surface area (Å²) in [7, 11) is 0. The lowest BCUT2D eigenvalue weighted by Crippen LogP contribution is -1.82. The molecule has 7 aromatic rings. The molecule has 0 unspecified atom stereocenters. The summed E-state index contributed by atoms with van der Waals surface area (Å²) in [4.78, 5) is 36.8. The Morgan fingerprint density at radius 2 is 0.595 bits per heavy atom. The molecule has 0 saturated heterocycles. The highest BCUT2D eigenvalue weighted by Gasteiger charge is 2.21. The maximum absolute atomic E-state index is 5.02. The van der Waals surface area contributed by atoms with Crippen LogP contribution in [-0.2, 0) is 0 Å². The zero-order valence-corrected chi connectivity index (χ0v) is 26.5. The number of aromatic nitrogens is 8. The third kappa shape index (κ3) is 3.95. The summed E-state index contributed by atoms with van der Waals surface area (Å²) in [5, 5.41) is 3.82. The van der Waals surface area contributed by atoms with Gasteiger partial charge in [0.05, 0.1) is 0 Å². The van der Waals surface area contributed by atoms with Crippen LogP contribution in [0.2, 0.25) is 0 Å². The van der Waals surface area contributed by atoms with E-state index in [1.165, 1.54) is 13.0 Å². The van der Waals surface area contributed by atoms with Crippen LogP contribution in [0.15, 0.2) is 97.1 Å². The number of halogens is 1. The van der Waals surface area contributed by atoms with Crippen molar-refractivity contribution in [2.75, 3.05) is 0 Å². The van der Waals surface area contributed by atoms with Gasteiger partial charge in [0.2, 0.25) is 0 Å². The van der Waals surface area contributed by atoms with E-state index in [9.17, 15) is 0 Å². The fourth-order valence-electron chi connectivity index (χ4n) is 5.59. The van der Waals surface area contributed by atoms with E-state index in [4.69, 9.17) is 29.9 Å². The molecule has 8 bridgehead atoms. The molecule has 0 spiro atoms. The van der Waals surface area contributed by atoms with Gasteiger partial charge in [0, 0.05) is 43.8 Å². The van der Waals surface area contributed by atoms with Crippen LogP contribution in [0, 0.1) is 0 Å². The van der Waals surface area contributed by atoms with Gasteiger partial charge in [0.1, 0.15) is 22.6 Å². The summed E-state index contributed by atoms with van der Waals surface area (Å²) in [5.74, 6) is 2.39. The Morgan fingerprint density at radius 1 is 0.357 bits per heavy atom. The molecule has 0 aliphatic carbocycles. The standard InChI is InChI=1S/C32H18N8.Al.HI.2H/c1-2-10-18-17(9-1)25-33-26(18)38-28-21-13-5-6-14-22(21)30(35-28)40-32-24-16-8-7-15-23(24)31(36-32)39-29-20-12-4-3-11-19(20)27(34-29)37-25;;;;/h1-16H,(H2,33,34,35,36,37,38,39,40);;1H;;/q;+1;;;/p-1. The lowest BCUT2D eigenvalue weighted by atomic mass is 10.1. The van der Waals surface area contributed by atoms with E-state index < -0.39 is 0 Å². The molecule has 9 rings (SSSR count). The predicted molar refractivity (Wildman–Crippen MR) is 179 cm³/mol. The molecule has 2 aliphatic rings. The van der Waals surface area contributed by atoms with Crippen molar-refractivity contribution in [3.63, 3.8) is 0 Å². The molecule has 2 N–H and O–H groups in total. The Labute approximate surface area is 258 Å². The summed E-state index contributed by atoms with van der Waals surface area (Å²) >= 11 is 3.56. The number of aromatic amines is 2. The predicted octanol–water partition coefficient (Wildman–Crippen LogP) is 6.84. The Hall–Kier alpha value is -4.50. The first-order valence-electron chi connectivity index (χ1n) is 13.4. The minimum atomic E-state index is 0.597.